The lowest BCUT2D eigenvalue weighted by Crippen LogP contribution is -2.01. The van der Waals surface area contributed by atoms with Crippen LogP contribution < -0.4 is 5.73 Å². The molecule has 3 heteroatoms. The van der Waals surface area contributed by atoms with E-state index in [-0.39, 0.29) is 0 Å². The highest BCUT2D eigenvalue weighted by atomic mass is 79.9. The first-order valence-electron chi connectivity index (χ1n) is 4.31. The molecule has 0 saturated heterocycles. The second-order valence-corrected chi connectivity index (χ2v) is 4.52. The SMILES string of the molecule is CSc1cccc(Br)c1CCCN. The van der Waals surface area contributed by atoms with Crippen LogP contribution in [0.4, 0.5) is 0 Å². The first-order chi connectivity index (χ1) is 6.29. The van der Waals surface area contributed by atoms with Crippen molar-refractivity contribution in [3.63, 3.8) is 0 Å². The molecule has 0 aliphatic carbocycles. The van der Waals surface area contributed by atoms with Gasteiger partial charge >= 0.3 is 0 Å². The highest BCUT2D eigenvalue weighted by Gasteiger charge is 2.04. The van der Waals surface area contributed by atoms with Crippen LogP contribution in [-0.4, -0.2) is 12.8 Å². The molecule has 0 heterocycles. The molecule has 0 saturated carbocycles. The van der Waals surface area contributed by atoms with Crippen LogP contribution >= 0.6 is 27.7 Å². The van der Waals surface area contributed by atoms with Gasteiger partial charge in [-0.25, -0.2) is 0 Å². The third-order valence-corrected chi connectivity index (χ3v) is 3.49. The Labute approximate surface area is 92.2 Å². The van der Waals surface area contributed by atoms with Gasteiger partial charge in [0, 0.05) is 9.37 Å². The normalized spacial score (nSPS) is 10.4. The number of rotatable bonds is 4. The molecule has 0 aliphatic rings. The molecule has 0 radical (unpaired) electrons. The van der Waals surface area contributed by atoms with Gasteiger partial charge in [0.15, 0.2) is 0 Å². The second-order valence-electron chi connectivity index (χ2n) is 2.81. The minimum absolute atomic E-state index is 0.759. The Hall–Kier alpha value is 0.01000. The van der Waals surface area contributed by atoms with Crippen LogP contribution in [0.1, 0.15) is 12.0 Å². The summed E-state index contributed by atoms with van der Waals surface area (Å²) in [5, 5.41) is 0. The summed E-state index contributed by atoms with van der Waals surface area (Å²) in [7, 11) is 0. The third-order valence-electron chi connectivity index (χ3n) is 1.93. The number of thioether (sulfide) groups is 1. The summed E-state index contributed by atoms with van der Waals surface area (Å²) in [5.74, 6) is 0. The first-order valence-corrected chi connectivity index (χ1v) is 6.32. The van der Waals surface area contributed by atoms with Crippen LogP contribution in [0.15, 0.2) is 27.6 Å². The van der Waals surface area contributed by atoms with Crippen molar-refractivity contribution in [3.8, 4) is 0 Å². The Balaban J connectivity index is 2.87. The zero-order chi connectivity index (χ0) is 9.68. The van der Waals surface area contributed by atoms with Crippen molar-refractivity contribution in [2.24, 2.45) is 5.73 Å². The molecule has 0 amide bonds. The van der Waals surface area contributed by atoms with Crippen LogP contribution in [0.3, 0.4) is 0 Å². The van der Waals surface area contributed by atoms with E-state index in [1.165, 1.54) is 14.9 Å². The van der Waals surface area contributed by atoms with Gasteiger partial charge in [0.05, 0.1) is 0 Å². The highest BCUT2D eigenvalue weighted by molar-refractivity contribution is 9.10. The Morgan fingerprint density at radius 2 is 2.23 bits per heavy atom. The Morgan fingerprint density at radius 3 is 2.85 bits per heavy atom. The fraction of sp³-hybridized carbons (Fsp3) is 0.400. The number of halogens is 1. The maximum atomic E-state index is 5.50. The lowest BCUT2D eigenvalue weighted by molar-refractivity contribution is 0.817. The van der Waals surface area contributed by atoms with Crippen molar-refractivity contribution < 1.29 is 0 Å². The molecule has 0 atom stereocenters. The molecule has 0 aliphatic heterocycles. The molecule has 1 rings (SSSR count). The number of nitrogens with two attached hydrogens (primary N) is 1. The van der Waals surface area contributed by atoms with E-state index in [9.17, 15) is 0 Å². The largest absolute Gasteiger partial charge is 0.330 e. The van der Waals surface area contributed by atoms with E-state index in [1.807, 2.05) is 0 Å². The molecule has 0 aromatic heterocycles. The summed E-state index contributed by atoms with van der Waals surface area (Å²) in [4.78, 5) is 1.35. The van der Waals surface area contributed by atoms with Crippen LogP contribution in [-0.2, 0) is 6.42 Å². The minimum atomic E-state index is 0.759. The molecular weight excluding hydrogens is 246 g/mol. The zero-order valence-corrected chi connectivity index (χ0v) is 10.1. The third kappa shape index (κ3) is 3.01. The molecule has 13 heavy (non-hydrogen) atoms. The average Bonchev–Trinajstić information content (AvgIpc) is 2.15. The molecule has 0 bridgehead atoms. The first kappa shape index (κ1) is 11.1. The van der Waals surface area contributed by atoms with Crippen molar-refractivity contribution in [2.75, 3.05) is 12.8 Å². The lowest BCUT2D eigenvalue weighted by Gasteiger charge is -2.08. The molecule has 0 fully saturated rings. The fourth-order valence-electron chi connectivity index (χ4n) is 1.25. The van der Waals surface area contributed by atoms with Crippen molar-refractivity contribution >= 4 is 27.7 Å². The van der Waals surface area contributed by atoms with Crippen LogP contribution in [0.25, 0.3) is 0 Å². The summed E-state index contributed by atoms with van der Waals surface area (Å²) in [6, 6.07) is 6.31. The Bertz CT molecular complexity index is 276. The van der Waals surface area contributed by atoms with Crippen LogP contribution in [0.5, 0.6) is 0 Å². The lowest BCUT2D eigenvalue weighted by atomic mass is 10.1. The topological polar surface area (TPSA) is 26.0 Å². The minimum Gasteiger partial charge on any atom is -0.330 e. The smallest absolute Gasteiger partial charge is 0.0218 e. The average molecular weight is 260 g/mol. The van der Waals surface area contributed by atoms with E-state index in [4.69, 9.17) is 5.73 Å². The molecule has 1 aromatic carbocycles. The summed E-state index contributed by atoms with van der Waals surface area (Å²) in [5.41, 5.74) is 6.89. The summed E-state index contributed by atoms with van der Waals surface area (Å²) >= 11 is 5.35. The molecule has 72 valence electrons. The predicted molar refractivity (Wildman–Crippen MR) is 63.3 cm³/mol. The maximum absolute atomic E-state index is 5.50. The summed E-state index contributed by atoms with van der Waals surface area (Å²) in [6.45, 7) is 0.759. The van der Waals surface area contributed by atoms with Gasteiger partial charge in [-0.15, -0.1) is 11.8 Å². The van der Waals surface area contributed by atoms with Crippen molar-refractivity contribution in [2.45, 2.75) is 17.7 Å². The van der Waals surface area contributed by atoms with Crippen molar-refractivity contribution in [3.05, 3.63) is 28.2 Å². The standard InChI is InChI=1S/C10H14BrNS/c1-13-10-6-2-5-9(11)8(10)4-3-7-12/h2,5-6H,3-4,7,12H2,1H3. The Morgan fingerprint density at radius 1 is 1.46 bits per heavy atom. The molecule has 1 nitrogen and oxygen atoms in total. The maximum Gasteiger partial charge on any atom is 0.0218 e. The Kier molecular flexibility index (Phi) is 4.84. The van der Waals surface area contributed by atoms with Gasteiger partial charge in [-0.05, 0) is 43.3 Å². The van der Waals surface area contributed by atoms with Crippen molar-refractivity contribution in [1.29, 1.82) is 0 Å². The van der Waals surface area contributed by atoms with E-state index in [2.05, 4.69) is 40.4 Å². The number of hydrogen-bond donors (Lipinski definition) is 1. The van der Waals surface area contributed by atoms with Gasteiger partial charge in [0.2, 0.25) is 0 Å². The fourth-order valence-corrected chi connectivity index (χ4v) is 2.62. The van der Waals surface area contributed by atoms with E-state index in [1.54, 1.807) is 11.8 Å². The monoisotopic (exact) mass is 259 g/mol. The highest BCUT2D eigenvalue weighted by Crippen LogP contribution is 2.28. The molecule has 2 N–H and O–H groups in total. The van der Waals surface area contributed by atoms with Gasteiger partial charge in [0.1, 0.15) is 0 Å². The predicted octanol–water partition coefficient (Wildman–Crippen LogP) is 3.06. The van der Waals surface area contributed by atoms with Gasteiger partial charge in [0.25, 0.3) is 0 Å². The molecule has 0 unspecified atom stereocenters. The van der Waals surface area contributed by atoms with Crippen LogP contribution in [0.2, 0.25) is 0 Å². The van der Waals surface area contributed by atoms with Gasteiger partial charge in [-0.2, -0.15) is 0 Å². The van der Waals surface area contributed by atoms with Gasteiger partial charge in [-0.3, -0.25) is 0 Å². The quantitative estimate of drug-likeness (QED) is 0.842. The zero-order valence-electron chi connectivity index (χ0n) is 7.72. The second kappa shape index (κ2) is 5.68. The summed E-state index contributed by atoms with van der Waals surface area (Å²) < 4.78 is 1.20. The van der Waals surface area contributed by atoms with Crippen LogP contribution in [0, 0.1) is 0 Å². The summed E-state index contributed by atoms with van der Waals surface area (Å²) in [6.07, 6.45) is 4.22. The van der Waals surface area contributed by atoms with Gasteiger partial charge < -0.3 is 5.73 Å². The van der Waals surface area contributed by atoms with Gasteiger partial charge in [-0.1, -0.05) is 22.0 Å². The molecular formula is C10H14BrNS. The van der Waals surface area contributed by atoms with E-state index >= 15 is 0 Å². The molecule has 1 aromatic rings. The van der Waals surface area contributed by atoms with E-state index in [0.717, 1.165) is 19.4 Å². The number of benzene rings is 1. The van der Waals surface area contributed by atoms with Crippen molar-refractivity contribution in [1.82, 2.24) is 0 Å². The number of hydrogen-bond acceptors (Lipinski definition) is 2. The van der Waals surface area contributed by atoms with E-state index < -0.39 is 0 Å². The van der Waals surface area contributed by atoms with E-state index in [0.29, 0.717) is 0 Å². The molecule has 0 spiro atoms.